The maximum atomic E-state index is 10.9. The quantitative estimate of drug-likeness (QED) is 0.720. The van der Waals surface area contributed by atoms with Crippen LogP contribution in [-0.4, -0.2) is 16.1 Å². The van der Waals surface area contributed by atoms with Crippen LogP contribution < -0.4 is 0 Å². The molecule has 3 nitrogen and oxygen atoms in total. The van der Waals surface area contributed by atoms with Crippen LogP contribution in [0.25, 0.3) is 5.69 Å². The zero-order valence-electron chi connectivity index (χ0n) is 9.69. The maximum Gasteiger partial charge on any atom is 0.168 e. The van der Waals surface area contributed by atoms with Crippen molar-refractivity contribution in [1.82, 2.24) is 9.78 Å². The van der Waals surface area contributed by atoms with E-state index in [0.717, 1.165) is 17.7 Å². The molecule has 0 bridgehead atoms. The number of aldehydes is 1. The van der Waals surface area contributed by atoms with E-state index in [1.165, 1.54) is 11.1 Å². The summed E-state index contributed by atoms with van der Waals surface area (Å²) < 4.78 is 1.68. The van der Waals surface area contributed by atoms with E-state index in [9.17, 15) is 4.79 Å². The fraction of sp³-hybridized carbons (Fsp3) is 0.231. The minimum atomic E-state index is 0.586. The molecule has 3 heteroatoms. The van der Waals surface area contributed by atoms with E-state index in [4.69, 9.17) is 0 Å². The molecule has 1 aromatic heterocycles. The van der Waals surface area contributed by atoms with Gasteiger partial charge in [0.05, 0.1) is 11.4 Å². The first-order valence-corrected chi connectivity index (χ1v) is 5.20. The Labute approximate surface area is 94.7 Å². The molecule has 0 radical (unpaired) electrons. The van der Waals surface area contributed by atoms with Crippen molar-refractivity contribution in [2.45, 2.75) is 20.8 Å². The van der Waals surface area contributed by atoms with Crippen LogP contribution in [-0.2, 0) is 0 Å². The number of aryl methyl sites for hydroxylation is 3. The lowest BCUT2D eigenvalue weighted by molar-refractivity contribution is 0.111. The standard InChI is InChI=1S/C13H14N2O/c1-9-4-10(2)6-12(5-9)15-13(8-16)7-11(3)14-15/h4-8H,1-3H3. The first kappa shape index (κ1) is 10.6. The molecule has 1 aromatic carbocycles. The number of benzene rings is 1. The minimum absolute atomic E-state index is 0.586. The first-order valence-electron chi connectivity index (χ1n) is 5.20. The highest BCUT2D eigenvalue weighted by atomic mass is 16.1. The van der Waals surface area contributed by atoms with Gasteiger partial charge in [0, 0.05) is 0 Å². The van der Waals surface area contributed by atoms with Crippen LogP contribution in [0.2, 0.25) is 0 Å². The van der Waals surface area contributed by atoms with Gasteiger partial charge in [-0.3, -0.25) is 4.79 Å². The highest BCUT2D eigenvalue weighted by molar-refractivity contribution is 5.73. The summed E-state index contributed by atoms with van der Waals surface area (Å²) in [5.41, 5.74) is 4.71. The van der Waals surface area contributed by atoms with E-state index in [1.807, 2.05) is 32.9 Å². The molecule has 0 amide bonds. The second-order valence-corrected chi connectivity index (χ2v) is 4.09. The van der Waals surface area contributed by atoms with Crippen molar-refractivity contribution in [3.8, 4) is 5.69 Å². The van der Waals surface area contributed by atoms with Crippen LogP contribution in [0.3, 0.4) is 0 Å². The summed E-state index contributed by atoms with van der Waals surface area (Å²) in [4.78, 5) is 10.9. The van der Waals surface area contributed by atoms with Gasteiger partial charge < -0.3 is 0 Å². The van der Waals surface area contributed by atoms with Gasteiger partial charge in [0.1, 0.15) is 5.69 Å². The van der Waals surface area contributed by atoms with Crippen molar-refractivity contribution in [2.24, 2.45) is 0 Å². The van der Waals surface area contributed by atoms with Gasteiger partial charge in [0.2, 0.25) is 0 Å². The average molecular weight is 214 g/mol. The molecule has 82 valence electrons. The molecular formula is C13H14N2O. The van der Waals surface area contributed by atoms with Crippen LogP contribution in [0.1, 0.15) is 27.3 Å². The van der Waals surface area contributed by atoms with Gasteiger partial charge in [-0.2, -0.15) is 5.10 Å². The summed E-state index contributed by atoms with van der Waals surface area (Å²) in [5, 5.41) is 4.32. The number of hydrogen-bond donors (Lipinski definition) is 0. The Hall–Kier alpha value is -1.90. The number of nitrogens with zero attached hydrogens (tertiary/aromatic N) is 2. The number of carbonyl (C=O) groups is 1. The monoisotopic (exact) mass is 214 g/mol. The molecule has 0 aliphatic carbocycles. The Morgan fingerprint density at radius 3 is 2.25 bits per heavy atom. The average Bonchev–Trinajstić information content (AvgIpc) is 2.58. The van der Waals surface area contributed by atoms with Gasteiger partial charge in [0.15, 0.2) is 6.29 Å². The topological polar surface area (TPSA) is 34.9 Å². The van der Waals surface area contributed by atoms with E-state index in [1.54, 1.807) is 10.7 Å². The molecule has 0 saturated heterocycles. The lowest BCUT2D eigenvalue weighted by Gasteiger charge is -2.06. The molecule has 0 N–H and O–H groups in total. The Morgan fingerprint density at radius 2 is 1.69 bits per heavy atom. The van der Waals surface area contributed by atoms with Gasteiger partial charge in [-0.25, -0.2) is 4.68 Å². The second kappa shape index (κ2) is 3.93. The summed E-state index contributed by atoms with van der Waals surface area (Å²) in [5.74, 6) is 0. The molecule has 1 heterocycles. The van der Waals surface area contributed by atoms with E-state index in [-0.39, 0.29) is 0 Å². The molecule has 0 aliphatic heterocycles. The van der Waals surface area contributed by atoms with Crippen LogP contribution in [0.5, 0.6) is 0 Å². The second-order valence-electron chi connectivity index (χ2n) is 4.09. The molecule has 2 aromatic rings. The van der Waals surface area contributed by atoms with Crippen molar-refractivity contribution in [3.63, 3.8) is 0 Å². The van der Waals surface area contributed by atoms with Gasteiger partial charge in [0.25, 0.3) is 0 Å². The van der Waals surface area contributed by atoms with Crippen molar-refractivity contribution in [1.29, 1.82) is 0 Å². The van der Waals surface area contributed by atoms with Crippen LogP contribution in [0.4, 0.5) is 0 Å². The molecule has 0 unspecified atom stereocenters. The van der Waals surface area contributed by atoms with E-state index >= 15 is 0 Å². The van der Waals surface area contributed by atoms with E-state index < -0.39 is 0 Å². The van der Waals surface area contributed by atoms with Crippen LogP contribution in [0.15, 0.2) is 24.3 Å². The molecular weight excluding hydrogens is 200 g/mol. The van der Waals surface area contributed by atoms with E-state index in [2.05, 4.69) is 11.2 Å². The largest absolute Gasteiger partial charge is 0.296 e. The lowest BCUT2D eigenvalue weighted by atomic mass is 10.1. The normalized spacial score (nSPS) is 10.4. The summed E-state index contributed by atoms with van der Waals surface area (Å²) in [6.45, 7) is 5.95. The Balaban J connectivity index is 2.61. The molecule has 2 rings (SSSR count). The van der Waals surface area contributed by atoms with Crippen molar-refractivity contribution < 1.29 is 4.79 Å². The third kappa shape index (κ3) is 1.89. The third-order valence-corrected chi connectivity index (χ3v) is 2.43. The van der Waals surface area contributed by atoms with Crippen molar-refractivity contribution in [3.05, 3.63) is 46.8 Å². The SMILES string of the molecule is Cc1cc(C)cc(-n2nc(C)cc2C=O)c1. The Kier molecular flexibility index (Phi) is 2.60. The molecule has 0 aliphatic rings. The minimum Gasteiger partial charge on any atom is -0.296 e. The summed E-state index contributed by atoms with van der Waals surface area (Å²) in [7, 11) is 0. The smallest absolute Gasteiger partial charge is 0.168 e. The number of carbonyl (C=O) groups excluding carboxylic acids is 1. The molecule has 0 spiro atoms. The first-order chi connectivity index (χ1) is 7.60. The molecule has 0 atom stereocenters. The summed E-state index contributed by atoms with van der Waals surface area (Å²) >= 11 is 0. The van der Waals surface area contributed by atoms with Crippen molar-refractivity contribution in [2.75, 3.05) is 0 Å². The number of hydrogen-bond acceptors (Lipinski definition) is 2. The highest BCUT2D eigenvalue weighted by Gasteiger charge is 2.07. The van der Waals surface area contributed by atoms with Gasteiger partial charge >= 0.3 is 0 Å². The third-order valence-electron chi connectivity index (χ3n) is 2.43. The Bertz CT molecular complexity index is 521. The highest BCUT2D eigenvalue weighted by Crippen LogP contribution is 2.15. The summed E-state index contributed by atoms with van der Waals surface area (Å²) in [6, 6.07) is 7.92. The van der Waals surface area contributed by atoms with Gasteiger partial charge in [-0.15, -0.1) is 0 Å². The van der Waals surface area contributed by atoms with Crippen LogP contribution in [0, 0.1) is 20.8 Å². The number of rotatable bonds is 2. The predicted molar refractivity (Wildman–Crippen MR) is 63.2 cm³/mol. The maximum absolute atomic E-state index is 10.9. The fourth-order valence-corrected chi connectivity index (χ4v) is 1.88. The van der Waals surface area contributed by atoms with Crippen molar-refractivity contribution >= 4 is 6.29 Å². The zero-order valence-corrected chi connectivity index (χ0v) is 9.69. The Morgan fingerprint density at radius 1 is 1.06 bits per heavy atom. The van der Waals surface area contributed by atoms with Crippen LogP contribution >= 0.6 is 0 Å². The zero-order chi connectivity index (χ0) is 11.7. The molecule has 0 saturated carbocycles. The predicted octanol–water partition coefficient (Wildman–Crippen LogP) is 2.61. The lowest BCUT2D eigenvalue weighted by Crippen LogP contribution is -2.02. The van der Waals surface area contributed by atoms with E-state index in [0.29, 0.717) is 5.69 Å². The number of aromatic nitrogens is 2. The summed E-state index contributed by atoms with van der Waals surface area (Å²) in [6.07, 6.45) is 0.831. The molecule has 0 fully saturated rings. The fourth-order valence-electron chi connectivity index (χ4n) is 1.88. The van der Waals surface area contributed by atoms with Gasteiger partial charge in [-0.05, 0) is 50.1 Å². The molecule has 16 heavy (non-hydrogen) atoms. The van der Waals surface area contributed by atoms with Gasteiger partial charge in [-0.1, -0.05) is 6.07 Å².